The summed E-state index contributed by atoms with van der Waals surface area (Å²) in [6.07, 6.45) is 0. The van der Waals surface area contributed by atoms with Gasteiger partial charge in [-0.25, -0.2) is 0 Å². The van der Waals surface area contributed by atoms with Crippen LogP contribution in [0, 0.1) is 0 Å². The van der Waals surface area contributed by atoms with Gasteiger partial charge in [0.2, 0.25) is 0 Å². The van der Waals surface area contributed by atoms with Crippen molar-refractivity contribution < 1.29 is 0 Å². The Balaban J connectivity index is 1.64. The lowest BCUT2D eigenvalue weighted by atomic mass is 10.1. The molecule has 4 rings (SSSR count). The molecule has 0 spiro atoms. The number of fused-ring (bicyclic) bond motifs is 1. The van der Waals surface area contributed by atoms with Gasteiger partial charge in [-0.2, -0.15) is 0 Å². The summed E-state index contributed by atoms with van der Waals surface area (Å²) in [5, 5.41) is 9.47. The SMILES string of the molecule is c1ccc(Nc2ccccc2Nc2ccc3ccccc3c2)cc1. The van der Waals surface area contributed by atoms with Gasteiger partial charge in [0.05, 0.1) is 11.4 Å². The van der Waals surface area contributed by atoms with E-state index in [-0.39, 0.29) is 0 Å². The number of anilines is 4. The Hall–Kier alpha value is -3.26. The summed E-state index contributed by atoms with van der Waals surface area (Å²) in [6.45, 7) is 0. The van der Waals surface area contributed by atoms with E-state index in [1.807, 2.05) is 30.3 Å². The van der Waals surface area contributed by atoms with Crippen LogP contribution in [0.15, 0.2) is 97.1 Å². The predicted octanol–water partition coefficient (Wildman–Crippen LogP) is 6.33. The molecular formula is C22H18N2. The topological polar surface area (TPSA) is 24.1 Å². The van der Waals surface area contributed by atoms with Gasteiger partial charge in [0.25, 0.3) is 0 Å². The van der Waals surface area contributed by atoms with Crippen molar-refractivity contribution in [2.45, 2.75) is 0 Å². The van der Waals surface area contributed by atoms with E-state index in [1.165, 1.54) is 10.8 Å². The van der Waals surface area contributed by atoms with E-state index < -0.39 is 0 Å². The summed E-state index contributed by atoms with van der Waals surface area (Å²) in [4.78, 5) is 0. The van der Waals surface area contributed by atoms with E-state index in [1.54, 1.807) is 0 Å². The number of benzene rings is 4. The Kier molecular flexibility index (Phi) is 3.86. The van der Waals surface area contributed by atoms with Crippen molar-refractivity contribution in [1.82, 2.24) is 0 Å². The van der Waals surface area contributed by atoms with Crippen LogP contribution < -0.4 is 10.6 Å². The molecule has 2 nitrogen and oxygen atoms in total. The number of rotatable bonds is 4. The molecule has 0 bridgehead atoms. The van der Waals surface area contributed by atoms with Crippen LogP contribution in [-0.4, -0.2) is 0 Å². The van der Waals surface area contributed by atoms with Crippen molar-refractivity contribution >= 4 is 33.5 Å². The van der Waals surface area contributed by atoms with E-state index in [0.29, 0.717) is 0 Å². The first-order valence-electron chi connectivity index (χ1n) is 8.05. The molecule has 0 aliphatic rings. The minimum atomic E-state index is 1.05. The summed E-state index contributed by atoms with van der Waals surface area (Å²) in [5.41, 5.74) is 4.26. The standard InChI is InChI=1S/C22H18N2/c1-2-10-19(11-3-1)23-21-12-6-7-13-22(21)24-20-15-14-17-8-4-5-9-18(17)16-20/h1-16,23-24H. The maximum atomic E-state index is 3.52. The van der Waals surface area contributed by atoms with Gasteiger partial charge in [-0.15, -0.1) is 0 Å². The van der Waals surface area contributed by atoms with Gasteiger partial charge in [0.15, 0.2) is 0 Å². The largest absolute Gasteiger partial charge is 0.354 e. The fraction of sp³-hybridized carbons (Fsp3) is 0. The average molecular weight is 310 g/mol. The molecule has 2 N–H and O–H groups in total. The molecule has 2 heteroatoms. The lowest BCUT2D eigenvalue weighted by Gasteiger charge is -2.14. The van der Waals surface area contributed by atoms with Crippen molar-refractivity contribution in [3.05, 3.63) is 97.1 Å². The van der Waals surface area contributed by atoms with E-state index in [2.05, 4.69) is 77.4 Å². The van der Waals surface area contributed by atoms with Crippen LogP contribution in [0.25, 0.3) is 10.8 Å². The molecular weight excluding hydrogens is 292 g/mol. The second-order valence-electron chi connectivity index (χ2n) is 5.72. The third-order valence-corrected chi connectivity index (χ3v) is 4.01. The van der Waals surface area contributed by atoms with Gasteiger partial charge in [-0.1, -0.05) is 60.7 Å². The van der Waals surface area contributed by atoms with Gasteiger partial charge >= 0.3 is 0 Å². The van der Waals surface area contributed by atoms with Gasteiger partial charge in [0, 0.05) is 11.4 Å². The van der Waals surface area contributed by atoms with E-state index in [0.717, 1.165) is 22.7 Å². The molecule has 0 aliphatic carbocycles. The van der Waals surface area contributed by atoms with Crippen molar-refractivity contribution in [1.29, 1.82) is 0 Å². The molecule has 0 unspecified atom stereocenters. The third-order valence-electron chi connectivity index (χ3n) is 4.01. The monoisotopic (exact) mass is 310 g/mol. The van der Waals surface area contributed by atoms with Crippen molar-refractivity contribution in [2.75, 3.05) is 10.6 Å². The Bertz CT molecular complexity index is 961. The summed E-state index contributed by atoms with van der Waals surface area (Å²) in [5.74, 6) is 0. The molecule has 0 saturated heterocycles. The first kappa shape index (κ1) is 14.3. The van der Waals surface area contributed by atoms with Crippen LogP contribution in [-0.2, 0) is 0 Å². The van der Waals surface area contributed by atoms with Crippen LogP contribution in [0.1, 0.15) is 0 Å². The lowest BCUT2D eigenvalue weighted by molar-refractivity contribution is 1.51. The van der Waals surface area contributed by atoms with Crippen LogP contribution in [0.2, 0.25) is 0 Å². The highest BCUT2D eigenvalue weighted by Gasteiger charge is 2.03. The quantitative estimate of drug-likeness (QED) is 0.460. The Morgan fingerprint density at radius 2 is 1.00 bits per heavy atom. The Morgan fingerprint density at radius 1 is 0.417 bits per heavy atom. The second kappa shape index (κ2) is 6.47. The van der Waals surface area contributed by atoms with Gasteiger partial charge < -0.3 is 10.6 Å². The van der Waals surface area contributed by atoms with Gasteiger partial charge in [0.1, 0.15) is 0 Å². The van der Waals surface area contributed by atoms with E-state index >= 15 is 0 Å². The van der Waals surface area contributed by atoms with E-state index in [9.17, 15) is 0 Å². The number of hydrogen-bond donors (Lipinski definition) is 2. The smallest absolute Gasteiger partial charge is 0.0623 e. The van der Waals surface area contributed by atoms with Crippen LogP contribution in [0.3, 0.4) is 0 Å². The first-order chi connectivity index (χ1) is 11.9. The molecule has 4 aromatic rings. The average Bonchev–Trinajstić information content (AvgIpc) is 2.64. The first-order valence-corrected chi connectivity index (χ1v) is 8.05. The predicted molar refractivity (Wildman–Crippen MR) is 103 cm³/mol. The summed E-state index contributed by atoms with van der Waals surface area (Å²) < 4.78 is 0. The highest BCUT2D eigenvalue weighted by atomic mass is 15.0. The second-order valence-corrected chi connectivity index (χ2v) is 5.72. The zero-order valence-electron chi connectivity index (χ0n) is 13.2. The highest BCUT2D eigenvalue weighted by molar-refractivity contribution is 5.87. The molecule has 116 valence electrons. The molecule has 0 aliphatic heterocycles. The van der Waals surface area contributed by atoms with Crippen LogP contribution in [0.4, 0.5) is 22.7 Å². The maximum absolute atomic E-state index is 3.52. The fourth-order valence-electron chi connectivity index (χ4n) is 2.80. The van der Waals surface area contributed by atoms with Gasteiger partial charge in [-0.05, 0) is 47.2 Å². The molecule has 0 radical (unpaired) electrons. The third kappa shape index (κ3) is 3.08. The van der Waals surface area contributed by atoms with Crippen molar-refractivity contribution in [3.8, 4) is 0 Å². The molecule has 0 fully saturated rings. The number of nitrogens with one attached hydrogen (secondary N) is 2. The zero-order valence-corrected chi connectivity index (χ0v) is 13.2. The molecule has 0 heterocycles. The summed E-state index contributed by atoms with van der Waals surface area (Å²) >= 11 is 0. The fourth-order valence-corrected chi connectivity index (χ4v) is 2.80. The number of hydrogen-bond acceptors (Lipinski definition) is 2. The van der Waals surface area contributed by atoms with Gasteiger partial charge in [-0.3, -0.25) is 0 Å². The maximum Gasteiger partial charge on any atom is 0.0623 e. The molecule has 0 amide bonds. The van der Waals surface area contributed by atoms with Crippen LogP contribution >= 0.6 is 0 Å². The molecule has 4 aromatic carbocycles. The number of para-hydroxylation sites is 3. The Morgan fingerprint density at radius 3 is 1.75 bits per heavy atom. The van der Waals surface area contributed by atoms with Crippen LogP contribution in [0.5, 0.6) is 0 Å². The summed E-state index contributed by atoms with van der Waals surface area (Å²) in [6, 6.07) is 33.3. The summed E-state index contributed by atoms with van der Waals surface area (Å²) in [7, 11) is 0. The lowest BCUT2D eigenvalue weighted by Crippen LogP contribution is -1.97. The van der Waals surface area contributed by atoms with Crippen molar-refractivity contribution in [2.24, 2.45) is 0 Å². The minimum Gasteiger partial charge on any atom is -0.354 e. The highest BCUT2D eigenvalue weighted by Crippen LogP contribution is 2.29. The molecule has 0 atom stereocenters. The Labute approximate surface area is 141 Å². The molecule has 0 aromatic heterocycles. The molecule has 24 heavy (non-hydrogen) atoms. The minimum absolute atomic E-state index is 1.05. The molecule has 0 saturated carbocycles. The normalized spacial score (nSPS) is 10.5. The zero-order chi connectivity index (χ0) is 16.2. The van der Waals surface area contributed by atoms with E-state index in [4.69, 9.17) is 0 Å². The van der Waals surface area contributed by atoms with Crippen molar-refractivity contribution in [3.63, 3.8) is 0 Å².